The highest BCUT2D eigenvalue weighted by atomic mass is 32.1. The van der Waals surface area contributed by atoms with Crippen LogP contribution in [-0.4, -0.2) is 73.3 Å². The second-order valence-electron chi connectivity index (χ2n) is 22.7. The quantitative estimate of drug-likeness (QED) is 0.0207. The van der Waals surface area contributed by atoms with Crippen molar-refractivity contribution in [2.45, 2.75) is 368 Å². The molecule has 0 rings (SSSR count). The Bertz CT molecular complexity index is 1200. The summed E-state index contributed by atoms with van der Waals surface area (Å²) >= 11 is 16.0. The van der Waals surface area contributed by atoms with Gasteiger partial charge in [-0.25, -0.2) is 0 Å². The second kappa shape index (κ2) is 83.5. The average Bonchev–Trinajstić information content (AvgIpc) is 3.45. The molecule has 0 radical (unpaired) electrons. The van der Waals surface area contributed by atoms with Crippen molar-refractivity contribution < 1.29 is 38.1 Å². The van der Waals surface area contributed by atoms with E-state index in [0.717, 1.165) is 25.7 Å². The van der Waals surface area contributed by atoms with E-state index in [4.69, 9.17) is 18.9 Å². The summed E-state index contributed by atoms with van der Waals surface area (Å²) in [5.41, 5.74) is 0. The van der Waals surface area contributed by atoms with Crippen molar-refractivity contribution in [3.05, 3.63) is 0 Å². The van der Waals surface area contributed by atoms with Gasteiger partial charge < -0.3 is 18.9 Å². The number of hydrogen-bond acceptors (Lipinski definition) is 12. The fourth-order valence-corrected chi connectivity index (χ4v) is 10.1. The third kappa shape index (κ3) is 90.6. The number of unbranched alkanes of at least 4 members (excludes halogenated alkanes) is 45. The number of thiol groups is 4. The van der Waals surface area contributed by atoms with Crippen LogP contribution in [0.2, 0.25) is 0 Å². The van der Waals surface area contributed by atoms with Gasteiger partial charge in [0.15, 0.2) is 0 Å². The average molecular weight is 1220 g/mol. The Morgan fingerprint density at radius 2 is 0.309 bits per heavy atom. The van der Waals surface area contributed by atoms with Gasteiger partial charge in [-0.05, 0) is 25.7 Å². The van der Waals surface area contributed by atoms with Gasteiger partial charge in [0.25, 0.3) is 0 Å². The van der Waals surface area contributed by atoms with Crippen LogP contribution in [0.4, 0.5) is 0 Å². The van der Waals surface area contributed by atoms with E-state index >= 15 is 0 Å². The van der Waals surface area contributed by atoms with Gasteiger partial charge in [0.2, 0.25) is 0 Å². The molecule has 0 aliphatic rings. The lowest BCUT2D eigenvalue weighted by atomic mass is 10.0. The Kier molecular flexibility index (Phi) is 89.4. The van der Waals surface area contributed by atoms with Crippen LogP contribution in [0.1, 0.15) is 368 Å². The predicted octanol–water partition coefficient (Wildman–Crippen LogP) is 22.6. The van der Waals surface area contributed by atoms with Gasteiger partial charge in [0.1, 0.15) is 0 Å². The summed E-state index contributed by atoms with van der Waals surface area (Å²) in [7, 11) is 0. The lowest BCUT2D eigenvalue weighted by molar-refractivity contribution is -0.144. The Hall–Kier alpha value is -0.720. The molecule has 12 heteroatoms. The van der Waals surface area contributed by atoms with Crippen molar-refractivity contribution in [1.82, 2.24) is 0 Å². The lowest BCUT2D eigenvalue weighted by Crippen LogP contribution is -2.06. The molecule has 0 N–H and O–H groups in total. The summed E-state index contributed by atoms with van der Waals surface area (Å²) in [5.74, 6) is 1.89. The molecule has 0 atom stereocenters. The zero-order valence-electron chi connectivity index (χ0n) is 54.2. The zero-order chi connectivity index (χ0) is 60.3. The van der Waals surface area contributed by atoms with Crippen molar-refractivity contribution >= 4 is 74.4 Å². The number of ether oxygens (including phenoxy) is 4. The molecule has 0 saturated carbocycles. The smallest absolute Gasteiger partial charge is 0.306 e. The third-order valence-corrected chi connectivity index (χ3v) is 15.5. The minimum atomic E-state index is -0.110. The molecule has 0 aliphatic carbocycles. The second-order valence-corrected chi connectivity index (χ2v) is 24.5. The van der Waals surface area contributed by atoms with Gasteiger partial charge in [-0.2, -0.15) is 50.5 Å². The zero-order valence-corrected chi connectivity index (χ0v) is 57.8. The fourth-order valence-electron chi connectivity index (χ4n) is 9.35. The SMILES string of the molecule is CCCCCCCCCCCCCCCCCCOC(=O)CCS.CCCCCCCCCCCCCCOC(=O)CCS.CCCCCCCCCCCCCOC(=O)CCS.CCCCCCCCCCCCOC(=O)CCS. The molecule has 0 amide bonds. The van der Waals surface area contributed by atoms with Gasteiger partial charge in [0, 0.05) is 23.0 Å². The molecular formula is C69H138O8S4. The standard InChI is InChI=1S/C21H42O2S.C17H34O2S.C16H32O2S.C15H30O2S/c1-2-3-4-5-6-7-8-9-10-11-12-13-14-15-16-17-19-23-21(22)18-20-24;1-2-3-4-5-6-7-8-9-10-11-12-13-15-19-17(18)14-16-20;1-2-3-4-5-6-7-8-9-10-11-12-14-18-16(17)13-15-19;1-2-3-4-5-6-7-8-9-10-11-13-17-15(16)12-14-18/h24H,2-20H2,1H3;20H,2-16H2,1H3;19H,2-15H2,1H3;18H,2-14H2,1H3. The molecule has 0 heterocycles. The molecule has 0 aromatic carbocycles. The molecule has 0 aromatic heterocycles. The summed E-state index contributed by atoms with van der Waals surface area (Å²) in [6.45, 7) is 11.4. The summed E-state index contributed by atoms with van der Waals surface area (Å²) in [4.78, 5) is 44.3. The minimum Gasteiger partial charge on any atom is -0.466 e. The third-order valence-electron chi connectivity index (χ3n) is 14.6. The maximum absolute atomic E-state index is 11.1. The van der Waals surface area contributed by atoms with Crippen LogP contribution in [0.3, 0.4) is 0 Å². The molecule has 0 unspecified atom stereocenters. The maximum Gasteiger partial charge on any atom is 0.306 e. The van der Waals surface area contributed by atoms with Crippen molar-refractivity contribution in [2.75, 3.05) is 49.4 Å². The Morgan fingerprint density at radius 3 is 0.420 bits per heavy atom. The van der Waals surface area contributed by atoms with Crippen molar-refractivity contribution in [3.8, 4) is 0 Å². The van der Waals surface area contributed by atoms with E-state index in [1.807, 2.05) is 0 Å². The lowest BCUT2D eigenvalue weighted by Gasteiger charge is -2.04. The molecule has 0 fully saturated rings. The normalized spacial score (nSPS) is 10.7. The largest absolute Gasteiger partial charge is 0.466 e. The fraction of sp³-hybridized carbons (Fsp3) is 0.942. The van der Waals surface area contributed by atoms with Crippen LogP contribution < -0.4 is 0 Å². The molecule has 0 spiro atoms. The minimum absolute atomic E-state index is 0.106. The number of carbonyl (C=O) groups is 4. The van der Waals surface area contributed by atoms with Crippen LogP contribution in [0.15, 0.2) is 0 Å². The van der Waals surface area contributed by atoms with E-state index in [1.165, 1.54) is 289 Å². The molecular weight excluding hydrogens is 1090 g/mol. The highest BCUT2D eigenvalue weighted by Gasteiger charge is 2.04. The Balaban J connectivity index is -0.000000491. The molecule has 0 bridgehead atoms. The van der Waals surface area contributed by atoms with Gasteiger partial charge in [0.05, 0.1) is 52.1 Å². The monoisotopic (exact) mass is 1220 g/mol. The number of rotatable bonds is 61. The summed E-state index contributed by atoms with van der Waals surface area (Å²) < 4.78 is 20.3. The first-order chi connectivity index (χ1) is 39.7. The summed E-state index contributed by atoms with van der Waals surface area (Å²) in [6, 6.07) is 0. The summed E-state index contributed by atoms with van der Waals surface area (Å²) in [6.07, 6.45) is 67.1. The topological polar surface area (TPSA) is 105 Å². The van der Waals surface area contributed by atoms with Crippen LogP contribution in [0.5, 0.6) is 0 Å². The Morgan fingerprint density at radius 1 is 0.198 bits per heavy atom. The van der Waals surface area contributed by atoms with Gasteiger partial charge in [-0.3, -0.25) is 19.2 Å². The molecule has 81 heavy (non-hydrogen) atoms. The first-order valence-electron chi connectivity index (χ1n) is 34.8. The molecule has 0 aromatic rings. The van der Waals surface area contributed by atoms with Gasteiger partial charge in [-0.1, -0.05) is 317 Å². The highest BCUT2D eigenvalue weighted by Crippen LogP contribution is 2.16. The van der Waals surface area contributed by atoms with E-state index in [9.17, 15) is 19.2 Å². The summed E-state index contributed by atoms with van der Waals surface area (Å²) in [5, 5.41) is 0. The van der Waals surface area contributed by atoms with Crippen molar-refractivity contribution in [2.24, 2.45) is 0 Å². The van der Waals surface area contributed by atoms with Crippen molar-refractivity contribution in [3.63, 3.8) is 0 Å². The van der Waals surface area contributed by atoms with E-state index in [0.29, 0.717) is 75.1 Å². The predicted molar refractivity (Wildman–Crippen MR) is 367 cm³/mol. The number of esters is 4. The maximum atomic E-state index is 11.1. The van der Waals surface area contributed by atoms with Crippen LogP contribution in [-0.2, 0) is 38.1 Å². The van der Waals surface area contributed by atoms with Gasteiger partial charge in [-0.15, -0.1) is 0 Å². The molecule has 0 aliphatic heterocycles. The first-order valence-corrected chi connectivity index (χ1v) is 37.3. The van der Waals surface area contributed by atoms with E-state index < -0.39 is 0 Å². The highest BCUT2D eigenvalue weighted by molar-refractivity contribution is 7.80. The van der Waals surface area contributed by atoms with Gasteiger partial charge >= 0.3 is 23.9 Å². The number of hydrogen-bond donors (Lipinski definition) is 4. The van der Waals surface area contributed by atoms with E-state index in [2.05, 4.69) is 78.2 Å². The number of carbonyl (C=O) groups excluding carboxylic acids is 4. The van der Waals surface area contributed by atoms with Crippen LogP contribution in [0.25, 0.3) is 0 Å². The molecule has 486 valence electrons. The van der Waals surface area contributed by atoms with E-state index in [1.54, 1.807) is 0 Å². The van der Waals surface area contributed by atoms with Crippen LogP contribution in [0, 0.1) is 0 Å². The van der Waals surface area contributed by atoms with Crippen molar-refractivity contribution in [1.29, 1.82) is 0 Å². The molecule has 0 saturated heterocycles. The van der Waals surface area contributed by atoms with Crippen LogP contribution >= 0.6 is 50.5 Å². The van der Waals surface area contributed by atoms with E-state index in [-0.39, 0.29) is 23.9 Å². The first kappa shape index (κ1) is 86.7. The Labute approximate surface area is 526 Å². The molecule has 8 nitrogen and oxygen atoms in total.